The molecule has 0 spiro atoms. The zero-order valence-electron chi connectivity index (χ0n) is 12.7. The standard InChI is InChI=1S/C16H20N2O4/c1-18(2)15(19)7-8-22-14(16(20)21)9-11-10-17-13-6-4-3-5-12(11)13/h3-6,10,14,17H,7-9H2,1-2H3,(H,20,21)/t14-/m0/s1. The highest BCUT2D eigenvalue weighted by atomic mass is 16.5. The lowest BCUT2D eigenvalue weighted by molar-refractivity contribution is -0.151. The first-order valence-corrected chi connectivity index (χ1v) is 7.08. The van der Waals surface area contributed by atoms with Gasteiger partial charge in [-0.05, 0) is 11.6 Å². The Labute approximate surface area is 128 Å². The van der Waals surface area contributed by atoms with Crippen LogP contribution in [0.3, 0.4) is 0 Å². The van der Waals surface area contributed by atoms with Crippen LogP contribution in [0, 0.1) is 0 Å². The lowest BCUT2D eigenvalue weighted by atomic mass is 10.1. The van der Waals surface area contributed by atoms with Crippen LogP contribution in [0.2, 0.25) is 0 Å². The number of fused-ring (bicyclic) bond motifs is 1. The van der Waals surface area contributed by atoms with Crippen LogP contribution >= 0.6 is 0 Å². The normalized spacial score (nSPS) is 12.3. The number of rotatable bonds is 7. The van der Waals surface area contributed by atoms with Crippen LogP contribution in [0.15, 0.2) is 30.5 Å². The van der Waals surface area contributed by atoms with Gasteiger partial charge >= 0.3 is 5.97 Å². The molecule has 2 N–H and O–H groups in total. The van der Waals surface area contributed by atoms with E-state index in [0.717, 1.165) is 16.5 Å². The molecule has 0 bridgehead atoms. The van der Waals surface area contributed by atoms with E-state index in [0.29, 0.717) is 0 Å². The Morgan fingerprint density at radius 3 is 2.73 bits per heavy atom. The molecule has 1 atom stereocenters. The van der Waals surface area contributed by atoms with Gasteiger partial charge in [-0.1, -0.05) is 18.2 Å². The number of carboxylic acid groups (broad SMARTS) is 1. The number of hydrogen-bond acceptors (Lipinski definition) is 3. The molecule has 1 aromatic heterocycles. The third-order valence-corrected chi connectivity index (χ3v) is 3.49. The fourth-order valence-electron chi connectivity index (χ4n) is 2.23. The highest BCUT2D eigenvalue weighted by Gasteiger charge is 2.21. The zero-order valence-corrected chi connectivity index (χ0v) is 12.7. The number of para-hydroxylation sites is 1. The van der Waals surface area contributed by atoms with Gasteiger partial charge in [0, 0.05) is 37.6 Å². The number of nitrogens with zero attached hydrogens (tertiary/aromatic N) is 1. The van der Waals surface area contributed by atoms with E-state index in [4.69, 9.17) is 4.74 Å². The predicted octanol–water partition coefficient (Wildman–Crippen LogP) is 1.66. The number of amides is 1. The Balaban J connectivity index is 2.00. The van der Waals surface area contributed by atoms with Gasteiger partial charge in [0.2, 0.25) is 5.91 Å². The predicted molar refractivity (Wildman–Crippen MR) is 82.7 cm³/mol. The van der Waals surface area contributed by atoms with E-state index in [9.17, 15) is 14.7 Å². The van der Waals surface area contributed by atoms with E-state index in [2.05, 4.69) is 4.98 Å². The van der Waals surface area contributed by atoms with Gasteiger partial charge in [0.15, 0.2) is 6.10 Å². The highest BCUT2D eigenvalue weighted by Crippen LogP contribution is 2.20. The summed E-state index contributed by atoms with van der Waals surface area (Å²) in [6.07, 6.45) is 1.27. The van der Waals surface area contributed by atoms with Crippen LogP contribution in [0.4, 0.5) is 0 Å². The molecule has 118 valence electrons. The second-order valence-corrected chi connectivity index (χ2v) is 5.30. The van der Waals surface area contributed by atoms with Crippen LogP contribution < -0.4 is 0 Å². The Bertz CT molecular complexity index is 663. The van der Waals surface area contributed by atoms with Crippen molar-refractivity contribution in [2.24, 2.45) is 0 Å². The number of aromatic amines is 1. The van der Waals surface area contributed by atoms with Crippen molar-refractivity contribution in [2.75, 3.05) is 20.7 Å². The Hall–Kier alpha value is -2.34. The van der Waals surface area contributed by atoms with Gasteiger partial charge in [-0.2, -0.15) is 0 Å². The molecule has 1 aromatic carbocycles. The van der Waals surface area contributed by atoms with Crippen molar-refractivity contribution in [3.63, 3.8) is 0 Å². The molecule has 0 fully saturated rings. The van der Waals surface area contributed by atoms with Crippen LogP contribution in [0.25, 0.3) is 10.9 Å². The largest absolute Gasteiger partial charge is 0.479 e. The highest BCUT2D eigenvalue weighted by molar-refractivity contribution is 5.84. The van der Waals surface area contributed by atoms with Crippen molar-refractivity contribution in [3.8, 4) is 0 Å². The first-order chi connectivity index (χ1) is 10.5. The molecule has 0 aliphatic carbocycles. The van der Waals surface area contributed by atoms with Gasteiger partial charge in [0.1, 0.15) is 0 Å². The molecule has 0 aliphatic heterocycles. The van der Waals surface area contributed by atoms with Crippen LogP contribution in [0.5, 0.6) is 0 Å². The van der Waals surface area contributed by atoms with Gasteiger partial charge in [-0.3, -0.25) is 4.79 Å². The minimum Gasteiger partial charge on any atom is -0.479 e. The number of benzene rings is 1. The summed E-state index contributed by atoms with van der Waals surface area (Å²) >= 11 is 0. The molecule has 0 unspecified atom stereocenters. The monoisotopic (exact) mass is 304 g/mol. The lowest BCUT2D eigenvalue weighted by Crippen LogP contribution is -2.29. The number of aliphatic carboxylic acids is 1. The van der Waals surface area contributed by atoms with Gasteiger partial charge in [0.25, 0.3) is 0 Å². The molecular weight excluding hydrogens is 284 g/mol. The van der Waals surface area contributed by atoms with Crippen LogP contribution in [-0.4, -0.2) is 53.7 Å². The number of aromatic nitrogens is 1. The smallest absolute Gasteiger partial charge is 0.333 e. The van der Waals surface area contributed by atoms with Crippen molar-refractivity contribution in [3.05, 3.63) is 36.0 Å². The molecule has 6 nitrogen and oxygen atoms in total. The van der Waals surface area contributed by atoms with Crippen molar-refractivity contribution in [2.45, 2.75) is 18.9 Å². The van der Waals surface area contributed by atoms with Gasteiger partial charge in [-0.15, -0.1) is 0 Å². The topological polar surface area (TPSA) is 82.6 Å². The van der Waals surface area contributed by atoms with Crippen LogP contribution in [-0.2, 0) is 20.7 Å². The van der Waals surface area contributed by atoms with E-state index in [1.807, 2.05) is 24.3 Å². The Kier molecular flexibility index (Phi) is 5.16. The average molecular weight is 304 g/mol. The summed E-state index contributed by atoms with van der Waals surface area (Å²) < 4.78 is 5.39. The minimum atomic E-state index is -1.03. The summed E-state index contributed by atoms with van der Waals surface area (Å²) in [4.78, 5) is 27.4. The molecule has 0 saturated carbocycles. The second kappa shape index (κ2) is 7.09. The van der Waals surface area contributed by atoms with E-state index in [1.165, 1.54) is 4.90 Å². The third kappa shape index (κ3) is 3.85. The Morgan fingerprint density at radius 2 is 2.05 bits per heavy atom. The molecule has 2 aromatic rings. The average Bonchev–Trinajstić information content (AvgIpc) is 2.89. The molecule has 22 heavy (non-hydrogen) atoms. The van der Waals surface area contributed by atoms with Gasteiger partial charge in [-0.25, -0.2) is 4.79 Å². The maximum absolute atomic E-state index is 11.5. The molecular formula is C16H20N2O4. The van der Waals surface area contributed by atoms with E-state index >= 15 is 0 Å². The fourth-order valence-corrected chi connectivity index (χ4v) is 2.23. The Morgan fingerprint density at radius 1 is 1.32 bits per heavy atom. The number of hydrogen-bond donors (Lipinski definition) is 2. The maximum Gasteiger partial charge on any atom is 0.333 e. The van der Waals surface area contributed by atoms with E-state index < -0.39 is 12.1 Å². The zero-order chi connectivity index (χ0) is 16.1. The summed E-state index contributed by atoms with van der Waals surface area (Å²) in [6, 6.07) is 7.70. The summed E-state index contributed by atoms with van der Waals surface area (Å²) in [5, 5.41) is 10.3. The van der Waals surface area contributed by atoms with E-state index in [-0.39, 0.29) is 25.4 Å². The fraction of sp³-hybridized carbons (Fsp3) is 0.375. The number of ether oxygens (including phenoxy) is 1. The maximum atomic E-state index is 11.5. The quantitative estimate of drug-likeness (QED) is 0.815. The van der Waals surface area contributed by atoms with Crippen molar-refractivity contribution >= 4 is 22.8 Å². The van der Waals surface area contributed by atoms with Gasteiger partial charge < -0.3 is 19.7 Å². The molecule has 0 aliphatic rings. The summed E-state index contributed by atoms with van der Waals surface area (Å²) in [5.41, 5.74) is 1.85. The number of H-pyrrole nitrogens is 1. The summed E-state index contributed by atoms with van der Waals surface area (Å²) in [5.74, 6) is -1.11. The molecule has 0 saturated heterocycles. The number of nitrogens with one attached hydrogen (secondary N) is 1. The number of carbonyl (C=O) groups is 2. The van der Waals surface area contributed by atoms with Crippen LogP contribution in [0.1, 0.15) is 12.0 Å². The van der Waals surface area contributed by atoms with Crippen molar-refractivity contribution in [1.82, 2.24) is 9.88 Å². The second-order valence-electron chi connectivity index (χ2n) is 5.30. The molecule has 1 heterocycles. The van der Waals surface area contributed by atoms with Crippen molar-refractivity contribution < 1.29 is 19.4 Å². The number of carboxylic acids is 1. The lowest BCUT2D eigenvalue weighted by Gasteiger charge is -2.15. The summed E-state index contributed by atoms with van der Waals surface area (Å²) in [6.45, 7) is 0.0936. The molecule has 0 radical (unpaired) electrons. The SMILES string of the molecule is CN(C)C(=O)CCO[C@@H](Cc1c[nH]c2ccccc12)C(=O)O. The number of carbonyl (C=O) groups excluding carboxylic acids is 1. The van der Waals surface area contributed by atoms with E-state index in [1.54, 1.807) is 20.3 Å². The van der Waals surface area contributed by atoms with Gasteiger partial charge in [0.05, 0.1) is 13.0 Å². The summed E-state index contributed by atoms with van der Waals surface area (Å²) in [7, 11) is 3.31. The molecule has 6 heteroatoms. The third-order valence-electron chi connectivity index (χ3n) is 3.49. The first kappa shape index (κ1) is 16.0. The first-order valence-electron chi connectivity index (χ1n) is 7.08. The minimum absolute atomic E-state index is 0.0868. The van der Waals surface area contributed by atoms with Crippen molar-refractivity contribution in [1.29, 1.82) is 0 Å². The molecule has 1 amide bonds. The molecule has 2 rings (SSSR count).